The van der Waals surface area contributed by atoms with E-state index in [1.54, 1.807) is 6.33 Å². The molecule has 0 saturated heterocycles. The average molecular weight is 508 g/mol. The molecule has 194 valence electrons. The van der Waals surface area contributed by atoms with E-state index in [0.29, 0.717) is 30.1 Å². The van der Waals surface area contributed by atoms with Gasteiger partial charge in [0, 0.05) is 24.4 Å². The van der Waals surface area contributed by atoms with Gasteiger partial charge in [0.05, 0.1) is 17.3 Å². The molecule has 0 amide bonds. The zero-order valence-corrected chi connectivity index (χ0v) is 21.8. The van der Waals surface area contributed by atoms with Crippen LogP contribution in [0.15, 0.2) is 59.7 Å². The zero-order valence-electron chi connectivity index (χ0n) is 21.8. The van der Waals surface area contributed by atoms with Crippen molar-refractivity contribution in [3.05, 3.63) is 87.6 Å². The lowest BCUT2D eigenvalue weighted by molar-refractivity contribution is -0.108. The quantitative estimate of drug-likeness (QED) is 0.272. The Labute approximate surface area is 222 Å². The van der Waals surface area contributed by atoms with Gasteiger partial charge in [0.1, 0.15) is 12.6 Å². The Kier molecular flexibility index (Phi) is 7.78. The zero-order chi connectivity index (χ0) is 26.5. The highest BCUT2D eigenvalue weighted by atomic mass is 16.1. The predicted octanol–water partition coefficient (Wildman–Crippen LogP) is 5.68. The number of nitrogens with zero attached hydrogens (tertiary/aromatic N) is 5. The SMILES string of the molecule is CCCc1c(Cc2ccc(-c3ccccc3C#N)cc2)c(=O)n(C2CCC(CCC=O)CC2)c2ncnn12. The molecule has 5 rings (SSSR count). The van der Waals surface area contributed by atoms with E-state index in [-0.39, 0.29) is 11.6 Å². The maximum atomic E-state index is 14.1. The van der Waals surface area contributed by atoms with E-state index < -0.39 is 0 Å². The average Bonchev–Trinajstić information content (AvgIpc) is 3.44. The van der Waals surface area contributed by atoms with Crippen molar-refractivity contribution in [2.24, 2.45) is 5.92 Å². The molecule has 0 unspecified atom stereocenters. The Morgan fingerprint density at radius 2 is 1.84 bits per heavy atom. The molecule has 0 bridgehead atoms. The first-order valence-corrected chi connectivity index (χ1v) is 13.6. The molecular formula is C31H33N5O2. The highest BCUT2D eigenvalue weighted by Crippen LogP contribution is 2.34. The van der Waals surface area contributed by atoms with Crippen LogP contribution in [0.25, 0.3) is 16.9 Å². The van der Waals surface area contributed by atoms with Crippen molar-refractivity contribution >= 4 is 12.1 Å². The van der Waals surface area contributed by atoms with E-state index >= 15 is 0 Å². The van der Waals surface area contributed by atoms with Crippen LogP contribution in [-0.4, -0.2) is 25.5 Å². The summed E-state index contributed by atoms with van der Waals surface area (Å²) in [5, 5.41) is 14.0. The molecule has 1 fully saturated rings. The van der Waals surface area contributed by atoms with Crippen molar-refractivity contribution in [2.45, 2.75) is 70.8 Å². The first-order valence-electron chi connectivity index (χ1n) is 13.6. The van der Waals surface area contributed by atoms with Crippen LogP contribution in [0.5, 0.6) is 0 Å². The Morgan fingerprint density at radius 3 is 2.55 bits per heavy atom. The Hall–Kier alpha value is -4.05. The number of rotatable bonds is 9. The molecule has 0 atom stereocenters. The summed E-state index contributed by atoms with van der Waals surface area (Å²) in [6.07, 6.45) is 10.1. The van der Waals surface area contributed by atoms with E-state index in [0.717, 1.165) is 79.2 Å². The molecule has 1 aliphatic rings. The lowest BCUT2D eigenvalue weighted by atomic mass is 9.83. The fourth-order valence-electron chi connectivity index (χ4n) is 5.91. The maximum Gasteiger partial charge on any atom is 0.259 e. The van der Waals surface area contributed by atoms with Crippen molar-refractivity contribution in [1.29, 1.82) is 5.26 Å². The van der Waals surface area contributed by atoms with Crippen LogP contribution in [0, 0.1) is 17.2 Å². The molecular weight excluding hydrogens is 474 g/mol. The van der Waals surface area contributed by atoms with Crippen LogP contribution in [-0.2, 0) is 17.6 Å². The number of hydrogen-bond acceptors (Lipinski definition) is 5. The van der Waals surface area contributed by atoms with E-state index in [2.05, 4.69) is 23.1 Å². The smallest absolute Gasteiger partial charge is 0.259 e. The summed E-state index contributed by atoms with van der Waals surface area (Å²) in [5.41, 5.74) is 5.31. The highest BCUT2D eigenvalue weighted by Gasteiger charge is 2.27. The van der Waals surface area contributed by atoms with Gasteiger partial charge in [-0.05, 0) is 67.2 Å². The van der Waals surface area contributed by atoms with Gasteiger partial charge in [0.25, 0.3) is 5.56 Å². The molecule has 0 spiro atoms. The molecule has 7 nitrogen and oxygen atoms in total. The first-order chi connectivity index (χ1) is 18.6. The Morgan fingerprint density at radius 1 is 1.08 bits per heavy atom. The van der Waals surface area contributed by atoms with E-state index in [1.807, 2.05) is 57.6 Å². The summed E-state index contributed by atoms with van der Waals surface area (Å²) in [6, 6.07) is 18.1. The van der Waals surface area contributed by atoms with Gasteiger partial charge < -0.3 is 4.79 Å². The molecule has 4 aromatic rings. The standard InChI is InChI=1S/C31H33N5O2/c1-2-6-29-28(19-23-10-14-24(15-11-23)27-9-4-3-8-25(27)20-32)30(38)35(31-33-21-34-36(29)31)26-16-12-22(13-17-26)7-5-18-37/h3-4,8-11,14-15,18,21-22,26H,2,5-7,12-13,16-17,19H2,1H3. The summed E-state index contributed by atoms with van der Waals surface area (Å²) in [5.74, 6) is 1.17. The van der Waals surface area contributed by atoms with E-state index in [9.17, 15) is 14.9 Å². The van der Waals surface area contributed by atoms with Gasteiger partial charge in [0.15, 0.2) is 0 Å². The Balaban J connectivity index is 1.49. The minimum atomic E-state index is 0.0317. The lowest BCUT2D eigenvalue weighted by Crippen LogP contribution is -2.34. The fraction of sp³-hybridized carbons (Fsp3) is 0.387. The largest absolute Gasteiger partial charge is 0.303 e. The molecule has 0 N–H and O–H groups in total. The minimum absolute atomic E-state index is 0.0317. The van der Waals surface area contributed by atoms with Gasteiger partial charge in [-0.25, -0.2) is 4.52 Å². The number of carbonyl (C=O) groups excluding carboxylic acids is 1. The van der Waals surface area contributed by atoms with Crippen LogP contribution in [0.2, 0.25) is 0 Å². The summed E-state index contributed by atoms with van der Waals surface area (Å²) in [4.78, 5) is 29.4. The number of fused-ring (bicyclic) bond motifs is 1. The first kappa shape index (κ1) is 25.6. The topological polar surface area (TPSA) is 93.0 Å². The number of aldehydes is 1. The summed E-state index contributed by atoms with van der Waals surface area (Å²) < 4.78 is 3.76. The van der Waals surface area contributed by atoms with Crippen LogP contribution in [0.4, 0.5) is 0 Å². The summed E-state index contributed by atoms with van der Waals surface area (Å²) in [7, 11) is 0. The van der Waals surface area contributed by atoms with Crippen molar-refractivity contribution in [2.75, 3.05) is 0 Å². The fourth-order valence-corrected chi connectivity index (χ4v) is 5.91. The number of nitriles is 1. The van der Waals surface area contributed by atoms with Crippen LogP contribution >= 0.6 is 0 Å². The van der Waals surface area contributed by atoms with Crippen LogP contribution < -0.4 is 5.56 Å². The Bertz CT molecular complexity index is 1520. The van der Waals surface area contributed by atoms with Crippen molar-refractivity contribution in [3.63, 3.8) is 0 Å². The number of aryl methyl sites for hydroxylation is 1. The number of hydrogen-bond donors (Lipinski definition) is 0. The summed E-state index contributed by atoms with van der Waals surface area (Å²) in [6.45, 7) is 2.11. The second kappa shape index (κ2) is 11.6. The molecule has 2 aromatic carbocycles. The van der Waals surface area contributed by atoms with Crippen molar-refractivity contribution < 1.29 is 4.79 Å². The molecule has 2 heterocycles. The van der Waals surface area contributed by atoms with Gasteiger partial charge in [-0.15, -0.1) is 0 Å². The molecule has 0 radical (unpaired) electrons. The van der Waals surface area contributed by atoms with Gasteiger partial charge in [0.2, 0.25) is 5.78 Å². The molecule has 0 aliphatic heterocycles. The molecule has 1 saturated carbocycles. The van der Waals surface area contributed by atoms with Crippen molar-refractivity contribution in [1.82, 2.24) is 19.2 Å². The minimum Gasteiger partial charge on any atom is -0.303 e. The van der Waals surface area contributed by atoms with Gasteiger partial charge in [-0.1, -0.05) is 55.8 Å². The molecule has 38 heavy (non-hydrogen) atoms. The van der Waals surface area contributed by atoms with Crippen molar-refractivity contribution in [3.8, 4) is 17.2 Å². The molecule has 7 heteroatoms. The molecule has 1 aliphatic carbocycles. The third kappa shape index (κ3) is 5.04. The highest BCUT2D eigenvalue weighted by molar-refractivity contribution is 5.70. The van der Waals surface area contributed by atoms with E-state index in [1.165, 1.54) is 0 Å². The summed E-state index contributed by atoms with van der Waals surface area (Å²) >= 11 is 0. The van der Waals surface area contributed by atoms with Gasteiger partial charge in [-0.2, -0.15) is 15.3 Å². The normalized spacial score (nSPS) is 17.4. The third-order valence-electron chi connectivity index (χ3n) is 7.88. The van der Waals surface area contributed by atoms with Crippen LogP contribution in [0.1, 0.15) is 80.3 Å². The number of carbonyl (C=O) groups is 1. The maximum absolute atomic E-state index is 14.1. The van der Waals surface area contributed by atoms with Gasteiger partial charge in [-0.3, -0.25) is 9.36 Å². The lowest BCUT2D eigenvalue weighted by Gasteiger charge is -2.30. The predicted molar refractivity (Wildman–Crippen MR) is 147 cm³/mol. The third-order valence-corrected chi connectivity index (χ3v) is 7.88. The second-order valence-corrected chi connectivity index (χ2v) is 10.3. The number of benzene rings is 2. The van der Waals surface area contributed by atoms with Gasteiger partial charge >= 0.3 is 0 Å². The van der Waals surface area contributed by atoms with E-state index in [4.69, 9.17) is 0 Å². The number of aromatic nitrogens is 4. The second-order valence-electron chi connectivity index (χ2n) is 10.3. The molecule has 2 aromatic heterocycles. The van der Waals surface area contributed by atoms with Crippen LogP contribution in [0.3, 0.4) is 0 Å². The monoisotopic (exact) mass is 507 g/mol.